The van der Waals surface area contributed by atoms with Crippen LogP contribution in [0.25, 0.3) is 32.5 Å². The summed E-state index contributed by atoms with van der Waals surface area (Å²) in [5, 5.41) is 6.17. The molecule has 0 aliphatic rings. The van der Waals surface area contributed by atoms with Gasteiger partial charge >= 0.3 is 5.97 Å². The molecule has 0 radical (unpaired) electrons. The molecule has 0 N–H and O–H groups in total. The molecule has 4 heterocycles. The normalized spacial score (nSPS) is 11.2. The van der Waals surface area contributed by atoms with E-state index in [-0.39, 0.29) is 5.97 Å². The van der Waals surface area contributed by atoms with Gasteiger partial charge in [0.25, 0.3) is 0 Å². The van der Waals surface area contributed by atoms with Gasteiger partial charge in [-0.2, -0.15) is 5.10 Å². The van der Waals surface area contributed by atoms with Crippen molar-refractivity contribution in [1.29, 1.82) is 0 Å². The molecule has 0 aliphatic carbocycles. The molecule has 0 fully saturated rings. The standard InChI is InChI=1S/C17H14N4O2S/c1-3-23-17(22)14-7-10-4-5-13(19-16(10)24-14)11-6-12-9-21(2)20-15(12)18-8-11/h4-9H,3H2,1-2H3. The van der Waals surface area contributed by atoms with Crippen molar-refractivity contribution in [3.05, 3.63) is 41.5 Å². The average molecular weight is 338 g/mol. The van der Waals surface area contributed by atoms with Crippen LogP contribution in [-0.2, 0) is 11.8 Å². The first-order valence-corrected chi connectivity index (χ1v) is 8.33. The maximum Gasteiger partial charge on any atom is 0.348 e. The average Bonchev–Trinajstić information content (AvgIpc) is 3.15. The number of thiophene rings is 1. The van der Waals surface area contributed by atoms with Gasteiger partial charge in [0.05, 0.1) is 12.3 Å². The highest BCUT2D eigenvalue weighted by atomic mass is 32.1. The molecule has 24 heavy (non-hydrogen) atoms. The molecule has 4 rings (SSSR count). The largest absolute Gasteiger partial charge is 0.462 e. The van der Waals surface area contributed by atoms with Gasteiger partial charge in [-0.05, 0) is 31.2 Å². The summed E-state index contributed by atoms with van der Waals surface area (Å²) in [7, 11) is 1.87. The first-order chi connectivity index (χ1) is 11.6. The van der Waals surface area contributed by atoms with E-state index in [1.165, 1.54) is 11.3 Å². The van der Waals surface area contributed by atoms with Crippen molar-refractivity contribution in [3.63, 3.8) is 0 Å². The van der Waals surface area contributed by atoms with Crippen LogP contribution in [0, 0.1) is 0 Å². The van der Waals surface area contributed by atoms with Crippen LogP contribution in [0.1, 0.15) is 16.6 Å². The lowest BCUT2D eigenvalue weighted by atomic mass is 10.1. The van der Waals surface area contributed by atoms with Crippen molar-refractivity contribution in [2.75, 3.05) is 6.61 Å². The second-order valence-corrected chi connectivity index (χ2v) is 6.39. The Hall–Kier alpha value is -2.80. The fourth-order valence-corrected chi connectivity index (χ4v) is 3.48. The molecule has 0 unspecified atom stereocenters. The molecule has 120 valence electrons. The third-order valence-corrected chi connectivity index (χ3v) is 4.65. The van der Waals surface area contributed by atoms with Gasteiger partial charge in [-0.15, -0.1) is 11.3 Å². The molecule has 0 bridgehead atoms. The molecular formula is C17H14N4O2S. The van der Waals surface area contributed by atoms with Crippen LogP contribution in [0.5, 0.6) is 0 Å². The van der Waals surface area contributed by atoms with E-state index in [0.717, 1.165) is 26.9 Å². The topological polar surface area (TPSA) is 69.9 Å². The predicted molar refractivity (Wildman–Crippen MR) is 93.1 cm³/mol. The number of carbonyl (C=O) groups excluding carboxylic acids is 1. The number of pyridine rings is 2. The highest BCUT2D eigenvalue weighted by Gasteiger charge is 2.13. The van der Waals surface area contributed by atoms with Gasteiger partial charge in [-0.1, -0.05) is 0 Å². The summed E-state index contributed by atoms with van der Waals surface area (Å²) in [5.41, 5.74) is 2.45. The Morgan fingerprint density at radius 1 is 1.29 bits per heavy atom. The Morgan fingerprint density at radius 2 is 2.17 bits per heavy atom. The van der Waals surface area contributed by atoms with Crippen molar-refractivity contribution in [3.8, 4) is 11.3 Å². The highest BCUT2D eigenvalue weighted by molar-refractivity contribution is 7.20. The minimum Gasteiger partial charge on any atom is -0.462 e. The minimum atomic E-state index is -0.305. The Labute approximate surface area is 141 Å². The molecule has 6 nitrogen and oxygen atoms in total. The summed E-state index contributed by atoms with van der Waals surface area (Å²) in [5.74, 6) is -0.305. The first kappa shape index (κ1) is 14.8. The van der Waals surface area contributed by atoms with E-state index in [9.17, 15) is 4.79 Å². The van der Waals surface area contributed by atoms with Gasteiger partial charge in [0, 0.05) is 35.8 Å². The molecule has 0 saturated carbocycles. The molecule has 4 aromatic heterocycles. The lowest BCUT2D eigenvalue weighted by molar-refractivity contribution is 0.0532. The Bertz CT molecular complexity index is 1070. The zero-order chi connectivity index (χ0) is 16.7. The van der Waals surface area contributed by atoms with Crippen LogP contribution in [0.2, 0.25) is 0 Å². The zero-order valence-corrected chi connectivity index (χ0v) is 14.0. The molecule has 0 spiro atoms. The second kappa shape index (κ2) is 5.68. The molecule has 0 atom stereocenters. The number of esters is 1. The van der Waals surface area contributed by atoms with Gasteiger partial charge in [-0.3, -0.25) is 4.68 Å². The minimum absolute atomic E-state index is 0.305. The maximum absolute atomic E-state index is 11.9. The van der Waals surface area contributed by atoms with E-state index < -0.39 is 0 Å². The third kappa shape index (κ3) is 2.52. The van der Waals surface area contributed by atoms with Crippen molar-refractivity contribution >= 4 is 38.6 Å². The number of aromatic nitrogens is 4. The van der Waals surface area contributed by atoms with Gasteiger partial charge in [0.2, 0.25) is 0 Å². The molecule has 0 saturated heterocycles. The number of ether oxygens (including phenoxy) is 1. The first-order valence-electron chi connectivity index (χ1n) is 7.51. The molecule has 4 aromatic rings. The molecule has 7 heteroatoms. The van der Waals surface area contributed by atoms with E-state index in [1.807, 2.05) is 37.5 Å². The van der Waals surface area contributed by atoms with Crippen molar-refractivity contribution in [2.45, 2.75) is 6.92 Å². The Kier molecular flexibility index (Phi) is 3.50. The van der Waals surface area contributed by atoms with Gasteiger partial charge in [0.1, 0.15) is 9.71 Å². The highest BCUT2D eigenvalue weighted by Crippen LogP contribution is 2.28. The Balaban J connectivity index is 1.76. The van der Waals surface area contributed by atoms with Crippen LogP contribution < -0.4 is 0 Å². The van der Waals surface area contributed by atoms with Gasteiger partial charge < -0.3 is 4.74 Å². The number of rotatable bonds is 3. The quantitative estimate of drug-likeness (QED) is 0.535. The van der Waals surface area contributed by atoms with Crippen LogP contribution in [0.15, 0.2) is 36.7 Å². The molecule has 0 amide bonds. The molecular weight excluding hydrogens is 324 g/mol. The number of carbonyl (C=O) groups is 1. The van der Waals surface area contributed by atoms with E-state index >= 15 is 0 Å². The number of nitrogens with zero attached hydrogens (tertiary/aromatic N) is 4. The lowest BCUT2D eigenvalue weighted by Crippen LogP contribution is -2.01. The Morgan fingerprint density at radius 3 is 3.00 bits per heavy atom. The van der Waals surface area contributed by atoms with Crippen molar-refractivity contribution in [1.82, 2.24) is 19.7 Å². The van der Waals surface area contributed by atoms with Crippen LogP contribution >= 0.6 is 11.3 Å². The van der Waals surface area contributed by atoms with Gasteiger partial charge in [0.15, 0.2) is 5.65 Å². The molecule has 0 aromatic carbocycles. The summed E-state index contributed by atoms with van der Waals surface area (Å²) < 4.78 is 6.79. The van der Waals surface area contributed by atoms with Crippen LogP contribution in [0.4, 0.5) is 0 Å². The summed E-state index contributed by atoms with van der Waals surface area (Å²) in [4.78, 5) is 22.3. The fourth-order valence-electron chi connectivity index (χ4n) is 2.55. The van der Waals surface area contributed by atoms with E-state index in [2.05, 4.69) is 15.1 Å². The lowest BCUT2D eigenvalue weighted by Gasteiger charge is -2.00. The maximum atomic E-state index is 11.9. The summed E-state index contributed by atoms with van der Waals surface area (Å²) in [6, 6.07) is 7.73. The number of aryl methyl sites for hydroxylation is 1. The summed E-state index contributed by atoms with van der Waals surface area (Å²) >= 11 is 1.34. The number of hydrogen-bond acceptors (Lipinski definition) is 6. The van der Waals surface area contributed by atoms with Crippen LogP contribution in [0.3, 0.4) is 0 Å². The van der Waals surface area contributed by atoms with E-state index in [1.54, 1.807) is 17.8 Å². The summed E-state index contributed by atoms with van der Waals surface area (Å²) in [6.07, 6.45) is 3.69. The SMILES string of the molecule is CCOC(=O)c1cc2ccc(-c3cnc4nn(C)cc4c3)nc2s1. The van der Waals surface area contributed by atoms with E-state index in [4.69, 9.17) is 4.74 Å². The van der Waals surface area contributed by atoms with Crippen LogP contribution in [-0.4, -0.2) is 32.3 Å². The van der Waals surface area contributed by atoms with Crippen molar-refractivity contribution < 1.29 is 9.53 Å². The zero-order valence-electron chi connectivity index (χ0n) is 13.2. The fraction of sp³-hybridized carbons (Fsp3) is 0.176. The predicted octanol–water partition coefficient (Wildman–Crippen LogP) is 3.42. The van der Waals surface area contributed by atoms with Gasteiger partial charge in [-0.25, -0.2) is 14.8 Å². The van der Waals surface area contributed by atoms with E-state index in [0.29, 0.717) is 17.1 Å². The molecule has 0 aliphatic heterocycles. The number of fused-ring (bicyclic) bond motifs is 2. The number of hydrogen-bond donors (Lipinski definition) is 0. The summed E-state index contributed by atoms with van der Waals surface area (Å²) in [6.45, 7) is 2.16. The monoisotopic (exact) mass is 338 g/mol. The second-order valence-electron chi connectivity index (χ2n) is 5.36. The smallest absolute Gasteiger partial charge is 0.348 e. The third-order valence-electron chi connectivity index (χ3n) is 3.63. The van der Waals surface area contributed by atoms with Crippen molar-refractivity contribution in [2.24, 2.45) is 7.05 Å².